The maximum atomic E-state index is 11.5. The lowest BCUT2D eigenvalue weighted by Crippen LogP contribution is -2.41. The third kappa shape index (κ3) is 4.34. The van der Waals surface area contributed by atoms with E-state index in [2.05, 4.69) is 5.32 Å². The summed E-state index contributed by atoms with van der Waals surface area (Å²) in [6.07, 6.45) is 8.32. The second-order valence-electron chi connectivity index (χ2n) is 4.74. The van der Waals surface area contributed by atoms with Crippen molar-refractivity contribution in [1.82, 2.24) is 5.32 Å². The molecular formula is C12H23NO2S. The minimum Gasteiger partial charge on any atom is -0.396 e. The van der Waals surface area contributed by atoms with Crippen molar-refractivity contribution >= 4 is 17.7 Å². The summed E-state index contributed by atoms with van der Waals surface area (Å²) in [5.41, 5.74) is -0.0345. The number of carbonyl (C=O) groups is 1. The van der Waals surface area contributed by atoms with Crippen LogP contribution >= 0.6 is 11.8 Å². The first kappa shape index (κ1) is 13.8. The Balaban J connectivity index is 2.30. The quantitative estimate of drug-likeness (QED) is 0.750. The second-order valence-corrected chi connectivity index (χ2v) is 5.72. The third-order valence-electron chi connectivity index (χ3n) is 3.44. The van der Waals surface area contributed by atoms with Crippen LogP contribution in [0.15, 0.2) is 0 Å². The van der Waals surface area contributed by atoms with Gasteiger partial charge in [0, 0.05) is 24.1 Å². The van der Waals surface area contributed by atoms with Gasteiger partial charge in [-0.25, -0.2) is 0 Å². The fraction of sp³-hybridized carbons (Fsp3) is 0.917. The van der Waals surface area contributed by atoms with E-state index in [0.717, 1.165) is 18.6 Å². The van der Waals surface area contributed by atoms with Crippen LogP contribution in [0.25, 0.3) is 0 Å². The van der Waals surface area contributed by atoms with Gasteiger partial charge in [-0.3, -0.25) is 4.79 Å². The van der Waals surface area contributed by atoms with Gasteiger partial charge in [-0.15, -0.1) is 0 Å². The molecule has 4 heteroatoms. The summed E-state index contributed by atoms with van der Waals surface area (Å²) in [7, 11) is 0. The predicted molar refractivity (Wildman–Crippen MR) is 68.6 cm³/mol. The first-order valence-corrected chi connectivity index (χ1v) is 7.48. The monoisotopic (exact) mass is 245 g/mol. The van der Waals surface area contributed by atoms with Crippen molar-refractivity contribution in [3.05, 3.63) is 0 Å². The van der Waals surface area contributed by atoms with Gasteiger partial charge in [-0.05, 0) is 19.1 Å². The Hall–Kier alpha value is -0.220. The molecule has 0 heterocycles. The summed E-state index contributed by atoms with van der Waals surface area (Å²) >= 11 is 1.69. The predicted octanol–water partition coefficient (Wildman–Crippen LogP) is 1.80. The molecular weight excluding hydrogens is 222 g/mol. The molecule has 0 spiro atoms. The average molecular weight is 245 g/mol. The van der Waals surface area contributed by atoms with Crippen LogP contribution in [-0.2, 0) is 4.79 Å². The van der Waals surface area contributed by atoms with Crippen molar-refractivity contribution in [2.24, 2.45) is 5.41 Å². The number of aliphatic hydroxyl groups is 1. The molecule has 0 aromatic carbocycles. The molecule has 0 aromatic rings. The third-order valence-corrected chi connectivity index (χ3v) is 4.06. The summed E-state index contributed by atoms with van der Waals surface area (Å²) in [5.74, 6) is 0.991. The van der Waals surface area contributed by atoms with Crippen LogP contribution in [0.3, 0.4) is 0 Å². The van der Waals surface area contributed by atoms with E-state index in [1.54, 1.807) is 11.8 Å². The van der Waals surface area contributed by atoms with Gasteiger partial charge in [0.05, 0.1) is 6.61 Å². The Labute approximate surface area is 102 Å². The van der Waals surface area contributed by atoms with Crippen molar-refractivity contribution in [3.8, 4) is 0 Å². The van der Waals surface area contributed by atoms with Crippen LogP contribution in [0.1, 0.15) is 38.5 Å². The molecule has 0 bridgehead atoms. The minimum absolute atomic E-state index is 0.0345. The topological polar surface area (TPSA) is 49.3 Å². The minimum atomic E-state index is -0.0345. The molecule has 1 fully saturated rings. The standard InChI is InChI=1S/C12H23NO2S/c1-16-8-5-11(15)13-9-12(10-14)6-3-2-4-7-12/h14H,2-10H2,1H3,(H,13,15). The Morgan fingerprint density at radius 2 is 2.06 bits per heavy atom. The molecule has 0 radical (unpaired) electrons. The molecule has 0 atom stereocenters. The van der Waals surface area contributed by atoms with Crippen LogP contribution < -0.4 is 5.32 Å². The molecule has 1 amide bonds. The van der Waals surface area contributed by atoms with E-state index < -0.39 is 0 Å². The summed E-state index contributed by atoms with van der Waals surface area (Å²) in [6, 6.07) is 0. The van der Waals surface area contributed by atoms with Crippen molar-refractivity contribution in [3.63, 3.8) is 0 Å². The highest BCUT2D eigenvalue weighted by molar-refractivity contribution is 7.98. The van der Waals surface area contributed by atoms with Crippen molar-refractivity contribution in [1.29, 1.82) is 0 Å². The molecule has 16 heavy (non-hydrogen) atoms. The van der Waals surface area contributed by atoms with Gasteiger partial charge >= 0.3 is 0 Å². The normalized spacial score (nSPS) is 19.4. The molecule has 1 aliphatic carbocycles. The number of hydrogen-bond donors (Lipinski definition) is 2. The zero-order valence-corrected chi connectivity index (χ0v) is 10.9. The molecule has 1 saturated carbocycles. The van der Waals surface area contributed by atoms with E-state index in [-0.39, 0.29) is 17.9 Å². The van der Waals surface area contributed by atoms with E-state index in [1.807, 2.05) is 6.26 Å². The first-order chi connectivity index (χ1) is 7.72. The molecule has 94 valence electrons. The fourth-order valence-corrected chi connectivity index (χ4v) is 2.65. The molecule has 1 rings (SSSR count). The van der Waals surface area contributed by atoms with E-state index >= 15 is 0 Å². The highest BCUT2D eigenvalue weighted by Gasteiger charge is 2.31. The zero-order valence-electron chi connectivity index (χ0n) is 10.1. The van der Waals surface area contributed by atoms with E-state index in [4.69, 9.17) is 0 Å². The molecule has 1 aliphatic rings. The molecule has 2 N–H and O–H groups in total. The molecule has 0 aromatic heterocycles. The van der Waals surface area contributed by atoms with Crippen LogP contribution in [0.5, 0.6) is 0 Å². The van der Waals surface area contributed by atoms with Gasteiger partial charge in [0.15, 0.2) is 0 Å². The Morgan fingerprint density at radius 1 is 1.38 bits per heavy atom. The number of carbonyl (C=O) groups excluding carboxylic acids is 1. The fourth-order valence-electron chi connectivity index (χ4n) is 2.26. The summed E-state index contributed by atoms with van der Waals surface area (Å²) in [4.78, 5) is 11.5. The lowest BCUT2D eigenvalue weighted by Gasteiger charge is -2.35. The molecule has 3 nitrogen and oxygen atoms in total. The van der Waals surface area contributed by atoms with E-state index in [1.165, 1.54) is 19.3 Å². The van der Waals surface area contributed by atoms with E-state index in [0.29, 0.717) is 13.0 Å². The summed E-state index contributed by atoms with van der Waals surface area (Å²) < 4.78 is 0. The molecule has 0 saturated heterocycles. The number of aliphatic hydroxyl groups excluding tert-OH is 1. The number of thioether (sulfide) groups is 1. The van der Waals surface area contributed by atoms with Gasteiger partial charge in [0.2, 0.25) is 5.91 Å². The number of rotatable bonds is 6. The Bertz CT molecular complexity index is 215. The van der Waals surface area contributed by atoms with Crippen LogP contribution in [-0.4, -0.2) is 36.2 Å². The smallest absolute Gasteiger partial charge is 0.220 e. The number of hydrogen-bond acceptors (Lipinski definition) is 3. The highest BCUT2D eigenvalue weighted by atomic mass is 32.2. The summed E-state index contributed by atoms with van der Waals surface area (Å²) in [5, 5.41) is 12.4. The van der Waals surface area contributed by atoms with Crippen LogP contribution in [0.4, 0.5) is 0 Å². The zero-order chi connectivity index (χ0) is 11.9. The second kappa shape index (κ2) is 7.17. The largest absolute Gasteiger partial charge is 0.396 e. The van der Waals surface area contributed by atoms with Gasteiger partial charge in [0.1, 0.15) is 0 Å². The van der Waals surface area contributed by atoms with Crippen molar-refractivity contribution < 1.29 is 9.90 Å². The van der Waals surface area contributed by atoms with Gasteiger partial charge in [-0.2, -0.15) is 11.8 Å². The Morgan fingerprint density at radius 3 is 2.62 bits per heavy atom. The lowest BCUT2D eigenvalue weighted by molar-refractivity contribution is -0.121. The average Bonchev–Trinajstić information content (AvgIpc) is 2.35. The lowest BCUT2D eigenvalue weighted by atomic mass is 9.74. The SMILES string of the molecule is CSCCC(=O)NCC1(CO)CCCCC1. The maximum absolute atomic E-state index is 11.5. The van der Waals surface area contributed by atoms with Crippen molar-refractivity contribution in [2.75, 3.05) is 25.2 Å². The maximum Gasteiger partial charge on any atom is 0.220 e. The highest BCUT2D eigenvalue weighted by Crippen LogP contribution is 2.35. The Kier molecular flexibility index (Phi) is 6.21. The van der Waals surface area contributed by atoms with Crippen LogP contribution in [0, 0.1) is 5.41 Å². The van der Waals surface area contributed by atoms with Gasteiger partial charge in [-0.1, -0.05) is 19.3 Å². The molecule has 0 unspecified atom stereocenters. The van der Waals surface area contributed by atoms with E-state index in [9.17, 15) is 9.90 Å². The summed E-state index contributed by atoms with van der Waals surface area (Å²) in [6.45, 7) is 0.854. The van der Waals surface area contributed by atoms with Crippen molar-refractivity contribution in [2.45, 2.75) is 38.5 Å². The number of amides is 1. The molecule has 0 aliphatic heterocycles. The first-order valence-electron chi connectivity index (χ1n) is 6.09. The number of nitrogens with one attached hydrogen (secondary N) is 1. The van der Waals surface area contributed by atoms with Gasteiger partial charge in [0.25, 0.3) is 0 Å². The van der Waals surface area contributed by atoms with Crippen LogP contribution in [0.2, 0.25) is 0 Å². The van der Waals surface area contributed by atoms with Gasteiger partial charge < -0.3 is 10.4 Å².